The Kier molecular flexibility index (Phi) is 5.25. The molecule has 0 fully saturated rings. The van der Waals surface area contributed by atoms with E-state index in [0.29, 0.717) is 18.4 Å². The molecule has 5 heteroatoms. The molecule has 1 rings (SSSR count). The quantitative estimate of drug-likeness (QED) is 0.781. The van der Waals surface area contributed by atoms with Crippen molar-refractivity contribution in [1.82, 2.24) is 0 Å². The highest BCUT2D eigenvalue weighted by atomic mass is 19.3. The first-order chi connectivity index (χ1) is 8.58. The second-order valence-corrected chi connectivity index (χ2v) is 3.73. The molecule has 1 atom stereocenters. The number of hydrogen-bond acceptors (Lipinski definition) is 3. The Balaban J connectivity index is 2.82. The Morgan fingerprint density at radius 2 is 2.00 bits per heavy atom. The number of nitrogens with zero attached hydrogens (tertiary/aromatic N) is 1. The van der Waals surface area contributed by atoms with E-state index >= 15 is 0 Å². The molecule has 0 bridgehead atoms. The Bertz CT molecular complexity index is 437. The summed E-state index contributed by atoms with van der Waals surface area (Å²) in [5.41, 5.74) is 0.498. The Morgan fingerprint density at radius 1 is 1.39 bits per heavy atom. The van der Waals surface area contributed by atoms with E-state index in [9.17, 15) is 13.6 Å². The number of Topliss-reactive ketones (excluding diaryl/α,β-unsaturated/α-hetero) is 1. The number of alkyl halides is 2. The van der Waals surface area contributed by atoms with Crippen LogP contribution < -0.4 is 4.74 Å². The number of benzene rings is 1. The highest BCUT2D eigenvalue weighted by molar-refractivity contribution is 5.88. The summed E-state index contributed by atoms with van der Waals surface area (Å²) in [5.74, 6) is -0.999. The van der Waals surface area contributed by atoms with Gasteiger partial charge < -0.3 is 4.74 Å². The summed E-state index contributed by atoms with van der Waals surface area (Å²) in [6.07, 6.45) is 0.997. The van der Waals surface area contributed by atoms with Crippen molar-refractivity contribution in [3.8, 4) is 11.8 Å². The molecule has 0 aromatic heterocycles. The van der Waals surface area contributed by atoms with Gasteiger partial charge in [0.15, 0.2) is 5.78 Å². The fourth-order valence-electron chi connectivity index (χ4n) is 1.56. The number of ketones is 1. The van der Waals surface area contributed by atoms with Crippen LogP contribution in [0.2, 0.25) is 0 Å². The van der Waals surface area contributed by atoms with Gasteiger partial charge in [-0.2, -0.15) is 14.0 Å². The number of halogens is 2. The van der Waals surface area contributed by atoms with E-state index in [4.69, 9.17) is 5.26 Å². The van der Waals surface area contributed by atoms with Crippen molar-refractivity contribution in [2.75, 3.05) is 0 Å². The van der Waals surface area contributed by atoms with Gasteiger partial charge in [-0.15, -0.1) is 0 Å². The first-order valence-electron chi connectivity index (χ1n) is 5.55. The van der Waals surface area contributed by atoms with Crippen LogP contribution in [0.25, 0.3) is 0 Å². The third kappa shape index (κ3) is 3.81. The molecule has 0 saturated heterocycles. The average Bonchev–Trinajstić information content (AvgIpc) is 2.32. The minimum absolute atomic E-state index is 0.00776. The third-order valence-corrected chi connectivity index (χ3v) is 2.39. The molecule has 1 aromatic rings. The molecule has 0 N–H and O–H groups in total. The predicted molar refractivity (Wildman–Crippen MR) is 61.3 cm³/mol. The zero-order valence-corrected chi connectivity index (χ0v) is 9.90. The maximum absolute atomic E-state index is 11.9. The number of nitriles is 1. The number of carbonyl (C=O) groups is 1. The van der Waals surface area contributed by atoms with E-state index in [0.717, 1.165) is 0 Å². The first kappa shape index (κ1) is 14.1. The molecule has 1 aromatic carbocycles. The average molecular weight is 253 g/mol. The minimum atomic E-state index is -2.88. The molecule has 0 heterocycles. The van der Waals surface area contributed by atoms with Gasteiger partial charge in [0.2, 0.25) is 0 Å². The normalized spacial score (nSPS) is 11.9. The van der Waals surface area contributed by atoms with E-state index in [1.807, 2.05) is 13.0 Å². The van der Waals surface area contributed by atoms with Gasteiger partial charge >= 0.3 is 6.61 Å². The van der Waals surface area contributed by atoms with Crippen molar-refractivity contribution in [3.63, 3.8) is 0 Å². The maximum atomic E-state index is 11.9. The van der Waals surface area contributed by atoms with E-state index in [-0.39, 0.29) is 11.5 Å². The van der Waals surface area contributed by atoms with E-state index in [2.05, 4.69) is 4.74 Å². The van der Waals surface area contributed by atoms with Crippen molar-refractivity contribution < 1.29 is 18.3 Å². The van der Waals surface area contributed by atoms with Crippen molar-refractivity contribution >= 4 is 5.78 Å². The maximum Gasteiger partial charge on any atom is 0.387 e. The molecule has 0 spiro atoms. The SMILES string of the molecule is CCCC(=O)C(C#N)c1ccc(OC(F)F)cc1. The fraction of sp³-hybridized carbons (Fsp3) is 0.385. The van der Waals surface area contributed by atoms with Crippen LogP contribution in [0.3, 0.4) is 0 Å². The van der Waals surface area contributed by atoms with Crippen LogP contribution in [0.5, 0.6) is 5.75 Å². The van der Waals surface area contributed by atoms with Crippen molar-refractivity contribution in [1.29, 1.82) is 5.26 Å². The largest absolute Gasteiger partial charge is 0.435 e. The molecular formula is C13H13F2NO2. The lowest BCUT2D eigenvalue weighted by molar-refractivity contribution is -0.119. The number of carbonyl (C=O) groups excluding carboxylic acids is 1. The summed E-state index contributed by atoms with van der Waals surface area (Å²) in [4.78, 5) is 11.7. The van der Waals surface area contributed by atoms with Crippen LogP contribution in [0.1, 0.15) is 31.2 Å². The number of rotatable bonds is 6. The number of ether oxygens (including phenoxy) is 1. The van der Waals surface area contributed by atoms with Crippen LogP contribution in [0, 0.1) is 11.3 Å². The molecule has 0 radical (unpaired) electrons. The lowest BCUT2D eigenvalue weighted by atomic mass is 9.94. The van der Waals surface area contributed by atoms with Gasteiger partial charge in [0.25, 0.3) is 0 Å². The van der Waals surface area contributed by atoms with Crippen LogP contribution in [0.15, 0.2) is 24.3 Å². The van der Waals surface area contributed by atoms with Crippen LogP contribution in [-0.4, -0.2) is 12.4 Å². The topological polar surface area (TPSA) is 50.1 Å². The van der Waals surface area contributed by atoms with Gasteiger partial charge in [-0.05, 0) is 24.1 Å². The Morgan fingerprint density at radius 3 is 2.44 bits per heavy atom. The van der Waals surface area contributed by atoms with Gasteiger partial charge in [0, 0.05) is 6.42 Å². The summed E-state index contributed by atoms with van der Waals surface area (Å²) in [5, 5.41) is 8.97. The zero-order chi connectivity index (χ0) is 13.5. The monoisotopic (exact) mass is 253 g/mol. The predicted octanol–water partition coefficient (Wildman–Crippen LogP) is 3.26. The first-order valence-corrected chi connectivity index (χ1v) is 5.55. The highest BCUT2D eigenvalue weighted by Gasteiger charge is 2.19. The molecule has 0 amide bonds. The number of hydrogen-bond donors (Lipinski definition) is 0. The van der Waals surface area contributed by atoms with Crippen LogP contribution >= 0.6 is 0 Å². The molecule has 1 unspecified atom stereocenters. The molecule has 96 valence electrons. The smallest absolute Gasteiger partial charge is 0.387 e. The van der Waals surface area contributed by atoms with Gasteiger partial charge in [0.1, 0.15) is 11.7 Å². The van der Waals surface area contributed by atoms with Gasteiger partial charge in [0.05, 0.1) is 6.07 Å². The standard InChI is InChI=1S/C13H13F2NO2/c1-2-3-12(17)11(8-16)9-4-6-10(7-5-9)18-13(14)15/h4-7,11,13H,2-3H2,1H3. The summed E-state index contributed by atoms with van der Waals surface area (Å²) >= 11 is 0. The second-order valence-electron chi connectivity index (χ2n) is 3.73. The molecule has 0 aliphatic heterocycles. The fourth-order valence-corrected chi connectivity index (χ4v) is 1.56. The highest BCUT2D eigenvalue weighted by Crippen LogP contribution is 2.22. The van der Waals surface area contributed by atoms with Crippen molar-refractivity contribution in [2.24, 2.45) is 0 Å². The van der Waals surface area contributed by atoms with E-state index in [1.165, 1.54) is 24.3 Å². The van der Waals surface area contributed by atoms with E-state index in [1.54, 1.807) is 0 Å². The molecular weight excluding hydrogens is 240 g/mol. The lowest BCUT2D eigenvalue weighted by Gasteiger charge is -2.09. The molecule has 18 heavy (non-hydrogen) atoms. The lowest BCUT2D eigenvalue weighted by Crippen LogP contribution is -2.10. The summed E-state index contributed by atoms with van der Waals surface area (Å²) in [6, 6.07) is 7.49. The summed E-state index contributed by atoms with van der Waals surface area (Å²) < 4.78 is 28.1. The van der Waals surface area contributed by atoms with E-state index < -0.39 is 12.5 Å². The molecule has 0 aliphatic rings. The summed E-state index contributed by atoms with van der Waals surface area (Å²) in [7, 11) is 0. The molecule has 0 saturated carbocycles. The van der Waals surface area contributed by atoms with Crippen LogP contribution in [-0.2, 0) is 4.79 Å². The van der Waals surface area contributed by atoms with Crippen molar-refractivity contribution in [2.45, 2.75) is 32.3 Å². The summed E-state index contributed by atoms with van der Waals surface area (Å²) in [6.45, 7) is -1.03. The third-order valence-electron chi connectivity index (χ3n) is 2.39. The van der Waals surface area contributed by atoms with Gasteiger partial charge in [-0.1, -0.05) is 19.1 Å². The molecule has 3 nitrogen and oxygen atoms in total. The zero-order valence-electron chi connectivity index (χ0n) is 9.90. The van der Waals surface area contributed by atoms with Crippen molar-refractivity contribution in [3.05, 3.63) is 29.8 Å². The molecule has 0 aliphatic carbocycles. The Hall–Kier alpha value is -1.96. The van der Waals surface area contributed by atoms with Crippen LogP contribution in [0.4, 0.5) is 8.78 Å². The Labute approximate surface area is 104 Å². The van der Waals surface area contributed by atoms with Gasteiger partial charge in [-0.25, -0.2) is 0 Å². The van der Waals surface area contributed by atoms with Gasteiger partial charge in [-0.3, -0.25) is 4.79 Å². The second kappa shape index (κ2) is 6.70. The minimum Gasteiger partial charge on any atom is -0.435 e.